The number of hydrogen-bond donors (Lipinski definition) is 0. The molecule has 2 saturated heterocycles. The molecule has 0 N–H and O–H groups in total. The van der Waals surface area contributed by atoms with Gasteiger partial charge in [-0.05, 0) is 48.4 Å². The van der Waals surface area contributed by atoms with Crippen LogP contribution in [0.4, 0.5) is 0 Å². The van der Waals surface area contributed by atoms with Gasteiger partial charge < -0.3 is 9.80 Å². The van der Waals surface area contributed by atoms with E-state index in [0.29, 0.717) is 37.4 Å². The third-order valence-corrected chi connectivity index (χ3v) is 9.11. The molecule has 0 spiro atoms. The van der Waals surface area contributed by atoms with E-state index in [0.717, 1.165) is 29.4 Å². The smallest absolute Gasteiger partial charge is 0.243 e. The molecular formula is C27H31N3O3S. The van der Waals surface area contributed by atoms with Crippen LogP contribution in [0.2, 0.25) is 0 Å². The Morgan fingerprint density at radius 3 is 2.24 bits per heavy atom. The normalized spacial score (nSPS) is 21.1. The molecule has 2 fully saturated rings. The van der Waals surface area contributed by atoms with Gasteiger partial charge in [-0.1, -0.05) is 60.7 Å². The first-order valence-corrected chi connectivity index (χ1v) is 13.4. The molecule has 0 aromatic heterocycles. The Hall–Kier alpha value is -2.74. The van der Waals surface area contributed by atoms with Crippen molar-refractivity contribution in [2.24, 2.45) is 5.92 Å². The highest BCUT2D eigenvalue weighted by molar-refractivity contribution is 7.89. The first kappa shape index (κ1) is 23.0. The molecule has 34 heavy (non-hydrogen) atoms. The number of likely N-dealkylation sites (N-methyl/N-ethyl adjacent to an activating group) is 1. The second kappa shape index (κ2) is 9.49. The van der Waals surface area contributed by atoms with Gasteiger partial charge in [-0.25, -0.2) is 8.42 Å². The Kier molecular flexibility index (Phi) is 6.42. The minimum absolute atomic E-state index is 0.0341. The molecule has 0 aliphatic carbocycles. The van der Waals surface area contributed by atoms with E-state index >= 15 is 0 Å². The van der Waals surface area contributed by atoms with E-state index in [1.54, 1.807) is 16.4 Å². The van der Waals surface area contributed by atoms with Crippen LogP contribution in [0.15, 0.2) is 77.7 Å². The maximum Gasteiger partial charge on any atom is 0.243 e. The van der Waals surface area contributed by atoms with Crippen LogP contribution in [0.3, 0.4) is 0 Å². The molecule has 2 heterocycles. The van der Waals surface area contributed by atoms with E-state index in [9.17, 15) is 13.2 Å². The average Bonchev–Trinajstić information content (AvgIpc) is 2.88. The molecule has 0 radical (unpaired) electrons. The lowest BCUT2D eigenvalue weighted by atomic mass is 9.94. The second-order valence-electron chi connectivity index (χ2n) is 9.41. The van der Waals surface area contributed by atoms with Crippen LogP contribution in [0.1, 0.15) is 24.4 Å². The molecule has 0 unspecified atom stereocenters. The molecular weight excluding hydrogens is 446 g/mol. The number of hydrogen-bond acceptors (Lipinski definition) is 4. The Bertz CT molecular complexity index is 1270. The third kappa shape index (κ3) is 4.48. The van der Waals surface area contributed by atoms with E-state index < -0.39 is 10.0 Å². The first-order chi connectivity index (χ1) is 16.4. The van der Waals surface area contributed by atoms with E-state index in [2.05, 4.69) is 24.1 Å². The van der Waals surface area contributed by atoms with Gasteiger partial charge in [0.25, 0.3) is 0 Å². The number of sulfonamides is 1. The molecule has 178 valence electrons. The lowest BCUT2D eigenvalue weighted by molar-refractivity contribution is -0.141. The second-order valence-corrected chi connectivity index (χ2v) is 11.3. The SMILES string of the molecule is CN1CCN(C(=O)C2CCN(S(=O)(=O)c3ccc4ccccc4c3)CC2)[C@H](c2ccccc2)C1. The Morgan fingerprint density at radius 2 is 1.50 bits per heavy atom. The maximum atomic E-state index is 13.6. The summed E-state index contributed by atoms with van der Waals surface area (Å²) in [5.41, 5.74) is 1.15. The molecule has 0 bridgehead atoms. The minimum atomic E-state index is -3.59. The van der Waals surface area contributed by atoms with Crippen molar-refractivity contribution < 1.29 is 13.2 Å². The summed E-state index contributed by atoms with van der Waals surface area (Å²) in [6.07, 6.45) is 1.11. The number of rotatable bonds is 4. The summed E-state index contributed by atoms with van der Waals surface area (Å²) < 4.78 is 28.2. The molecule has 5 rings (SSSR count). The van der Waals surface area contributed by atoms with Crippen molar-refractivity contribution in [2.75, 3.05) is 39.8 Å². The van der Waals surface area contributed by atoms with Crippen molar-refractivity contribution in [1.82, 2.24) is 14.1 Å². The summed E-state index contributed by atoms with van der Waals surface area (Å²) in [7, 11) is -1.50. The summed E-state index contributed by atoms with van der Waals surface area (Å²) in [6.45, 7) is 3.10. The molecule has 7 heteroatoms. The van der Waals surface area contributed by atoms with Crippen LogP contribution < -0.4 is 0 Å². The van der Waals surface area contributed by atoms with Gasteiger partial charge in [0, 0.05) is 38.6 Å². The zero-order valence-corrected chi connectivity index (χ0v) is 20.3. The minimum Gasteiger partial charge on any atom is -0.333 e. The summed E-state index contributed by atoms with van der Waals surface area (Å²) in [6, 6.07) is 23.3. The molecule has 3 aromatic rings. The van der Waals surface area contributed by atoms with E-state index in [4.69, 9.17) is 0 Å². The number of piperidine rings is 1. The molecule has 2 aliphatic heterocycles. The summed E-state index contributed by atoms with van der Waals surface area (Å²) >= 11 is 0. The van der Waals surface area contributed by atoms with Crippen LogP contribution in [-0.2, 0) is 14.8 Å². The monoisotopic (exact) mass is 477 g/mol. The number of amides is 1. The lowest BCUT2D eigenvalue weighted by Gasteiger charge is -2.43. The predicted octanol–water partition coefficient (Wildman–Crippen LogP) is 3.76. The molecule has 3 aromatic carbocycles. The average molecular weight is 478 g/mol. The van der Waals surface area contributed by atoms with E-state index in [1.807, 2.05) is 53.4 Å². The quantitative estimate of drug-likeness (QED) is 0.574. The highest BCUT2D eigenvalue weighted by atomic mass is 32.2. The van der Waals surface area contributed by atoms with Crippen molar-refractivity contribution in [1.29, 1.82) is 0 Å². The maximum absolute atomic E-state index is 13.6. The highest BCUT2D eigenvalue weighted by Crippen LogP contribution is 2.31. The zero-order chi connectivity index (χ0) is 23.7. The summed E-state index contributed by atoms with van der Waals surface area (Å²) in [5.74, 6) is 0.0161. The van der Waals surface area contributed by atoms with Crippen LogP contribution in [0.5, 0.6) is 0 Å². The molecule has 0 saturated carbocycles. The Labute approximate surface area is 201 Å². The van der Waals surface area contributed by atoms with Crippen molar-refractivity contribution in [3.8, 4) is 0 Å². The fraction of sp³-hybridized carbons (Fsp3) is 0.370. The largest absolute Gasteiger partial charge is 0.333 e. The lowest BCUT2D eigenvalue weighted by Crippen LogP contribution is -2.52. The number of carbonyl (C=O) groups excluding carboxylic acids is 1. The molecule has 2 aliphatic rings. The number of piperazine rings is 1. The van der Waals surface area contributed by atoms with Gasteiger partial charge in [0.1, 0.15) is 0 Å². The van der Waals surface area contributed by atoms with Gasteiger partial charge in [0.15, 0.2) is 0 Å². The number of fused-ring (bicyclic) bond motifs is 1. The fourth-order valence-corrected chi connectivity index (χ4v) is 6.70. The number of nitrogens with zero attached hydrogens (tertiary/aromatic N) is 3. The first-order valence-electron chi connectivity index (χ1n) is 12.0. The van der Waals surface area contributed by atoms with Crippen molar-refractivity contribution in [2.45, 2.75) is 23.8 Å². The van der Waals surface area contributed by atoms with Gasteiger partial charge in [-0.3, -0.25) is 4.79 Å². The topological polar surface area (TPSA) is 60.9 Å². The molecule has 1 amide bonds. The zero-order valence-electron chi connectivity index (χ0n) is 19.5. The standard InChI is InChI=1S/C27H31N3O3S/c1-28-17-18-30(26(20-28)22-8-3-2-4-9-22)27(31)23-13-15-29(16-14-23)34(32,33)25-12-11-21-7-5-6-10-24(21)19-25/h2-12,19,23,26H,13-18,20H2,1H3/t26-/m0/s1. The van der Waals surface area contributed by atoms with Gasteiger partial charge in [0.2, 0.25) is 15.9 Å². The van der Waals surface area contributed by atoms with Crippen molar-refractivity contribution in [3.05, 3.63) is 78.4 Å². The van der Waals surface area contributed by atoms with Gasteiger partial charge in [0.05, 0.1) is 10.9 Å². The van der Waals surface area contributed by atoms with E-state index in [-0.39, 0.29) is 17.9 Å². The van der Waals surface area contributed by atoms with Crippen LogP contribution >= 0.6 is 0 Å². The van der Waals surface area contributed by atoms with Crippen molar-refractivity contribution in [3.63, 3.8) is 0 Å². The Balaban J connectivity index is 1.29. The third-order valence-electron chi connectivity index (χ3n) is 7.21. The van der Waals surface area contributed by atoms with Crippen LogP contribution in [0.25, 0.3) is 10.8 Å². The molecule has 1 atom stereocenters. The van der Waals surface area contributed by atoms with E-state index in [1.165, 1.54) is 0 Å². The Morgan fingerprint density at radius 1 is 0.824 bits per heavy atom. The van der Waals surface area contributed by atoms with Gasteiger partial charge in [-0.15, -0.1) is 0 Å². The van der Waals surface area contributed by atoms with Crippen molar-refractivity contribution >= 4 is 26.7 Å². The highest BCUT2D eigenvalue weighted by Gasteiger charge is 2.37. The molecule has 6 nitrogen and oxygen atoms in total. The summed E-state index contributed by atoms with van der Waals surface area (Å²) in [4.78, 5) is 18.2. The fourth-order valence-electron chi connectivity index (χ4n) is 5.20. The number of carbonyl (C=O) groups is 1. The van der Waals surface area contributed by atoms with Gasteiger partial charge in [-0.2, -0.15) is 4.31 Å². The van der Waals surface area contributed by atoms with Crippen LogP contribution in [-0.4, -0.2) is 68.2 Å². The predicted molar refractivity (Wildman–Crippen MR) is 134 cm³/mol. The van der Waals surface area contributed by atoms with Gasteiger partial charge >= 0.3 is 0 Å². The van der Waals surface area contributed by atoms with Crippen LogP contribution in [0, 0.1) is 5.92 Å². The number of benzene rings is 3. The summed E-state index contributed by atoms with van der Waals surface area (Å²) in [5, 5.41) is 1.93.